The smallest absolute Gasteiger partial charge is 0.321 e. The third kappa shape index (κ3) is 2.50. The van der Waals surface area contributed by atoms with Crippen molar-refractivity contribution in [3.63, 3.8) is 0 Å². The zero-order chi connectivity index (χ0) is 15.0. The Balaban J connectivity index is 1.96. The first-order valence-corrected chi connectivity index (χ1v) is 7.02. The maximum atomic E-state index is 11.6. The van der Waals surface area contributed by atoms with Crippen LogP contribution < -0.4 is 11.1 Å². The number of carbonyl (C=O) groups excluding carboxylic acids is 1. The second kappa shape index (κ2) is 5.22. The highest BCUT2D eigenvalue weighted by atomic mass is 16.2. The molecule has 108 valence electrons. The van der Waals surface area contributed by atoms with Crippen LogP contribution in [-0.4, -0.2) is 18.0 Å². The molecule has 1 aliphatic heterocycles. The van der Waals surface area contributed by atoms with Crippen molar-refractivity contribution in [3.8, 4) is 0 Å². The number of anilines is 1. The van der Waals surface area contributed by atoms with E-state index in [-0.39, 0.29) is 12.1 Å². The van der Waals surface area contributed by atoms with E-state index in [2.05, 4.69) is 30.4 Å². The molecule has 0 spiro atoms. The van der Waals surface area contributed by atoms with E-state index in [4.69, 9.17) is 5.73 Å². The first-order chi connectivity index (χ1) is 10.1. The van der Waals surface area contributed by atoms with Gasteiger partial charge in [-0.3, -0.25) is 0 Å². The average molecular weight is 281 g/mol. The molecule has 21 heavy (non-hydrogen) atoms. The molecule has 2 amide bonds. The van der Waals surface area contributed by atoms with Gasteiger partial charge in [0.15, 0.2) is 0 Å². The molecule has 1 heterocycles. The number of benzene rings is 2. The van der Waals surface area contributed by atoms with Crippen LogP contribution in [0.4, 0.5) is 10.5 Å². The molecule has 0 saturated heterocycles. The summed E-state index contributed by atoms with van der Waals surface area (Å²) in [5.74, 6) is 0. The summed E-state index contributed by atoms with van der Waals surface area (Å²) in [6, 6.07) is 13.9. The van der Waals surface area contributed by atoms with E-state index in [1.54, 1.807) is 11.9 Å². The molecular formula is C17H19N3O. The highest BCUT2D eigenvalue weighted by Crippen LogP contribution is 2.28. The van der Waals surface area contributed by atoms with Gasteiger partial charge in [0, 0.05) is 19.3 Å². The van der Waals surface area contributed by atoms with Crippen molar-refractivity contribution in [3.05, 3.63) is 64.7 Å². The Kier molecular flexibility index (Phi) is 3.39. The Bertz CT molecular complexity index is 696. The minimum Gasteiger partial charge on any atom is -0.323 e. The SMILES string of the molecule is Cc1ccccc1C(N)c1ccc2c(c1)CN(C)C(=O)N2. The lowest BCUT2D eigenvalue weighted by atomic mass is 9.94. The molecule has 0 saturated carbocycles. The molecule has 1 unspecified atom stereocenters. The maximum absolute atomic E-state index is 11.6. The van der Waals surface area contributed by atoms with Gasteiger partial charge in [-0.1, -0.05) is 36.4 Å². The van der Waals surface area contributed by atoms with E-state index in [1.165, 1.54) is 5.56 Å². The first-order valence-electron chi connectivity index (χ1n) is 7.02. The van der Waals surface area contributed by atoms with Crippen LogP contribution in [0.25, 0.3) is 0 Å². The molecule has 1 aliphatic rings. The summed E-state index contributed by atoms with van der Waals surface area (Å²) in [6.07, 6.45) is 0. The number of nitrogens with two attached hydrogens (primary N) is 1. The Morgan fingerprint density at radius 2 is 2.00 bits per heavy atom. The van der Waals surface area contributed by atoms with Crippen LogP contribution in [0.5, 0.6) is 0 Å². The lowest BCUT2D eigenvalue weighted by Crippen LogP contribution is -2.35. The predicted molar refractivity (Wildman–Crippen MR) is 84.1 cm³/mol. The molecule has 0 fully saturated rings. The topological polar surface area (TPSA) is 58.4 Å². The summed E-state index contributed by atoms with van der Waals surface area (Å²) >= 11 is 0. The molecule has 3 N–H and O–H groups in total. The zero-order valence-electron chi connectivity index (χ0n) is 12.3. The van der Waals surface area contributed by atoms with E-state index in [0.717, 1.165) is 22.4 Å². The van der Waals surface area contributed by atoms with E-state index < -0.39 is 0 Å². The first kappa shape index (κ1) is 13.6. The van der Waals surface area contributed by atoms with Crippen LogP contribution in [0, 0.1) is 6.92 Å². The Morgan fingerprint density at radius 3 is 2.76 bits per heavy atom. The molecule has 2 aromatic carbocycles. The quantitative estimate of drug-likeness (QED) is 0.889. The number of rotatable bonds is 2. The largest absolute Gasteiger partial charge is 0.323 e. The fourth-order valence-electron chi connectivity index (χ4n) is 2.71. The van der Waals surface area contributed by atoms with E-state index in [0.29, 0.717) is 6.54 Å². The van der Waals surface area contributed by atoms with Gasteiger partial charge in [-0.05, 0) is 35.2 Å². The van der Waals surface area contributed by atoms with Crippen molar-refractivity contribution >= 4 is 11.7 Å². The molecule has 0 aromatic heterocycles. The fourth-order valence-corrected chi connectivity index (χ4v) is 2.71. The van der Waals surface area contributed by atoms with Crippen molar-refractivity contribution in [1.82, 2.24) is 4.90 Å². The lowest BCUT2D eigenvalue weighted by Gasteiger charge is -2.27. The van der Waals surface area contributed by atoms with E-state index in [9.17, 15) is 4.79 Å². The fraction of sp³-hybridized carbons (Fsp3) is 0.235. The predicted octanol–water partition coefficient (Wildman–Crippen LogP) is 3.02. The summed E-state index contributed by atoms with van der Waals surface area (Å²) in [7, 11) is 1.78. The normalized spacial score (nSPS) is 15.4. The Labute approximate surface area is 124 Å². The van der Waals surface area contributed by atoms with Crippen LogP contribution in [-0.2, 0) is 6.54 Å². The number of hydrogen-bond donors (Lipinski definition) is 2. The van der Waals surface area contributed by atoms with Gasteiger partial charge >= 0.3 is 6.03 Å². The highest BCUT2D eigenvalue weighted by Gasteiger charge is 2.20. The third-order valence-electron chi connectivity index (χ3n) is 4.01. The molecule has 3 rings (SSSR count). The maximum Gasteiger partial charge on any atom is 0.321 e. The Morgan fingerprint density at radius 1 is 1.24 bits per heavy atom. The highest BCUT2D eigenvalue weighted by molar-refractivity contribution is 5.92. The van der Waals surface area contributed by atoms with Crippen molar-refractivity contribution in [2.75, 3.05) is 12.4 Å². The van der Waals surface area contributed by atoms with Gasteiger partial charge in [0.05, 0.1) is 6.04 Å². The summed E-state index contributed by atoms with van der Waals surface area (Å²) < 4.78 is 0. The van der Waals surface area contributed by atoms with Crippen LogP contribution >= 0.6 is 0 Å². The summed E-state index contributed by atoms with van der Waals surface area (Å²) in [4.78, 5) is 13.3. The molecule has 1 atom stereocenters. The van der Waals surface area contributed by atoms with Crippen molar-refractivity contribution in [1.29, 1.82) is 0 Å². The minimum absolute atomic E-state index is 0.0709. The van der Waals surface area contributed by atoms with Gasteiger partial charge in [-0.15, -0.1) is 0 Å². The number of urea groups is 1. The van der Waals surface area contributed by atoms with Crippen LogP contribution in [0.15, 0.2) is 42.5 Å². The molecule has 4 heteroatoms. The average Bonchev–Trinajstić information content (AvgIpc) is 2.48. The van der Waals surface area contributed by atoms with Crippen LogP contribution in [0.3, 0.4) is 0 Å². The summed E-state index contributed by atoms with van der Waals surface area (Å²) in [6.45, 7) is 2.68. The zero-order valence-corrected chi connectivity index (χ0v) is 12.3. The van der Waals surface area contributed by atoms with Gasteiger partial charge in [-0.2, -0.15) is 0 Å². The summed E-state index contributed by atoms with van der Waals surface area (Å²) in [5, 5.41) is 2.87. The number of hydrogen-bond acceptors (Lipinski definition) is 2. The van der Waals surface area contributed by atoms with Crippen LogP contribution in [0.2, 0.25) is 0 Å². The third-order valence-corrected chi connectivity index (χ3v) is 4.01. The van der Waals surface area contributed by atoms with Gasteiger partial charge in [0.1, 0.15) is 0 Å². The van der Waals surface area contributed by atoms with Crippen molar-refractivity contribution in [2.24, 2.45) is 5.73 Å². The molecule has 4 nitrogen and oxygen atoms in total. The van der Waals surface area contributed by atoms with Crippen molar-refractivity contribution in [2.45, 2.75) is 19.5 Å². The van der Waals surface area contributed by atoms with Gasteiger partial charge < -0.3 is 16.0 Å². The molecule has 0 aliphatic carbocycles. The second-order valence-corrected chi connectivity index (χ2v) is 5.54. The standard InChI is InChI=1S/C17H19N3O/c1-11-5-3-4-6-14(11)16(18)12-7-8-15-13(9-12)10-20(2)17(21)19-15/h3-9,16H,10,18H2,1-2H3,(H,19,21). The van der Waals surface area contributed by atoms with E-state index >= 15 is 0 Å². The number of fused-ring (bicyclic) bond motifs is 1. The Hall–Kier alpha value is -2.33. The molecule has 2 aromatic rings. The summed E-state index contributed by atoms with van der Waals surface area (Å²) in [5.41, 5.74) is 11.8. The molecule has 0 radical (unpaired) electrons. The molecular weight excluding hydrogens is 262 g/mol. The number of carbonyl (C=O) groups is 1. The number of amides is 2. The van der Waals surface area contributed by atoms with Gasteiger partial charge in [-0.25, -0.2) is 4.79 Å². The van der Waals surface area contributed by atoms with Gasteiger partial charge in [0.2, 0.25) is 0 Å². The molecule has 0 bridgehead atoms. The van der Waals surface area contributed by atoms with Gasteiger partial charge in [0.25, 0.3) is 0 Å². The number of nitrogens with one attached hydrogen (secondary N) is 1. The number of nitrogens with zero attached hydrogens (tertiary/aromatic N) is 1. The monoisotopic (exact) mass is 281 g/mol. The minimum atomic E-state index is -0.153. The second-order valence-electron chi connectivity index (χ2n) is 5.54. The van der Waals surface area contributed by atoms with Crippen LogP contribution in [0.1, 0.15) is 28.3 Å². The lowest BCUT2D eigenvalue weighted by molar-refractivity contribution is 0.218. The number of aryl methyl sites for hydroxylation is 1. The van der Waals surface area contributed by atoms with E-state index in [1.807, 2.05) is 24.3 Å². The van der Waals surface area contributed by atoms with Crippen molar-refractivity contribution < 1.29 is 4.79 Å².